The lowest BCUT2D eigenvalue weighted by atomic mass is 10.1. The molecule has 1 aromatic rings. The van der Waals surface area contributed by atoms with Crippen molar-refractivity contribution in [3.05, 3.63) is 65.7 Å². The van der Waals surface area contributed by atoms with Crippen LogP contribution in [-0.2, 0) is 26.0 Å². The van der Waals surface area contributed by atoms with Gasteiger partial charge in [-0.15, -0.1) is 0 Å². The molecule has 1 aromatic carbocycles. The van der Waals surface area contributed by atoms with Crippen LogP contribution in [0.4, 0.5) is 4.79 Å². The van der Waals surface area contributed by atoms with Crippen molar-refractivity contribution < 1.29 is 22.7 Å². The number of allylic oxidation sites excluding steroid dienone is 1. The number of nitrogens with zero attached hydrogens (tertiary/aromatic N) is 1. The molecule has 3 aliphatic heterocycles. The maximum atomic E-state index is 12.5. The number of amides is 2. The lowest BCUT2D eigenvalue weighted by Crippen LogP contribution is -2.40. The number of urea groups is 1. The lowest BCUT2D eigenvalue weighted by Gasteiger charge is -2.23. The van der Waals surface area contributed by atoms with Crippen LogP contribution in [0.15, 0.2) is 65.0 Å². The van der Waals surface area contributed by atoms with Crippen LogP contribution in [0.2, 0.25) is 0 Å². The van der Waals surface area contributed by atoms with Crippen LogP contribution >= 0.6 is 0 Å². The number of carbonyl (C=O) groups excluding carboxylic acids is 1. The Hall–Kier alpha value is -2.62. The van der Waals surface area contributed by atoms with Crippen LogP contribution in [-0.4, -0.2) is 45.2 Å². The minimum absolute atomic E-state index is 0.194. The molecule has 29 heavy (non-hydrogen) atoms. The van der Waals surface area contributed by atoms with Gasteiger partial charge in [0.25, 0.3) is 0 Å². The number of fused-ring (bicyclic) bond motifs is 1. The van der Waals surface area contributed by atoms with Gasteiger partial charge in [0.15, 0.2) is 0 Å². The molecule has 0 saturated carbocycles. The highest BCUT2D eigenvalue weighted by molar-refractivity contribution is 7.89. The first-order valence-electron chi connectivity index (χ1n) is 9.50. The van der Waals surface area contributed by atoms with E-state index in [1.807, 2.05) is 12.2 Å². The molecule has 0 aromatic heterocycles. The van der Waals surface area contributed by atoms with Gasteiger partial charge in [0.1, 0.15) is 12.4 Å². The number of hydrogen-bond donors (Lipinski definition) is 2. The zero-order valence-electron chi connectivity index (χ0n) is 15.8. The van der Waals surface area contributed by atoms with Crippen LogP contribution in [0, 0.1) is 0 Å². The highest BCUT2D eigenvalue weighted by atomic mass is 32.2. The Balaban J connectivity index is 1.32. The molecule has 3 heterocycles. The second-order valence-electron chi connectivity index (χ2n) is 7.02. The number of carbonyl (C=O) groups is 1. The molecular formula is C20H23N3O5S. The van der Waals surface area contributed by atoms with E-state index in [9.17, 15) is 13.2 Å². The average Bonchev–Trinajstić information content (AvgIpc) is 3.20. The van der Waals surface area contributed by atoms with Crippen molar-refractivity contribution in [3.8, 4) is 0 Å². The van der Waals surface area contributed by atoms with Crippen LogP contribution < -0.4 is 10.0 Å². The Labute approximate surface area is 169 Å². The first-order valence-corrected chi connectivity index (χ1v) is 11.0. The largest absolute Gasteiger partial charge is 0.487 e. The molecular weight excluding hydrogens is 394 g/mol. The van der Waals surface area contributed by atoms with Gasteiger partial charge in [-0.3, -0.25) is 4.90 Å². The van der Waals surface area contributed by atoms with Gasteiger partial charge in [-0.1, -0.05) is 12.1 Å². The highest BCUT2D eigenvalue weighted by Gasteiger charge is 2.22. The van der Waals surface area contributed by atoms with Gasteiger partial charge in [-0.2, -0.15) is 0 Å². The quantitative estimate of drug-likeness (QED) is 0.764. The topological polar surface area (TPSA) is 97.0 Å². The fourth-order valence-corrected chi connectivity index (χ4v) is 4.56. The lowest BCUT2D eigenvalue weighted by molar-refractivity contribution is 0.0774. The maximum absolute atomic E-state index is 12.5. The third-order valence-electron chi connectivity index (χ3n) is 4.89. The fraction of sp³-hybridized carbons (Fsp3) is 0.350. The molecule has 1 fully saturated rings. The summed E-state index contributed by atoms with van der Waals surface area (Å²) in [6, 6.07) is 5.98. The van der Waals surface area contributed by atoms with E-state index < -0.39 is 10.0 Å². The predicted molar refractivity (Wildman–Crippen MR) is 106 cm³/mol. The fourth-order valence-electron chi connectivity index (χ4n) is 3.30. The molecule has 154 valence electrons. The predicted octanol–water partition coefficient (Wildman–Crippen LogP) is 1.98. The SMILES string of the molecule is O=C(NCc1ccc(S(=O)(=O)NC2CCCOC2)cc1)N1C=CC2=CCOC2=C1. The van der Waals surface area contributed by atoms with E-state index in [-0.39, 0.29) is 23.5 Å². The summed E-state index contributed by atoms with van der Waals surface area (Å²) in [6.45, 7) is 1.86. The third-order valence-corrected chi connectivity index (χ3v) is 6.43. The Morgan fingerprint density at radius 3 is 2.83 bits per heavy atom. The number of rotatable bonds is 5. The number of hydrogen-bond acceptors (Lipinski definition) is 5. The Kier molecular flexibility index (Phi) is 5.70. The first kappa shape index (κ1) is 19.7. The summed E-state index contributed by atoms with van der Waals surface area (Å²) in [5.74, 6) is 0.674. The van der Waals surface area contributed by atoms with Crippen LogP contribution in [0.25, 0.3) is 0 Å². The van der Waals surface area contributed by atoms with Gasteiger partial charge < -0.3 is 14.8 Å². The van der Waals surface area contributed by atoms with Crippen molar-refractivity contribution in [3.63, 3.8) is 0 Å². The van der Waals surface area contributed by atoms with Crippen LogP contribution in [0.3, 0.4) is 0 Å². The number of benzene rings is 1. The van der Waals surface area contributed by atoms with Gasteiger partial charge in [0.05, 0.1) is 17.7 Å². The molecule has 0 aliphatic carbocycles. The summed E-state index contributed by atoms with van der Waals surface area (Å²) in [5.41, 5.74) is 1.77. The molecule has 2 N–H and O–H groups in total. The molecule has 3 aliphatic rings. The van der Waals surface area contributed by atoms with E-state index in [1.165, 1.54) is 4.90 Å². The van der Waals surface area contributed by atoms with Crippen molar-refractivity contribution in [2.75, 3.05) is 19.8 Å². The van der Waals surface area contributed by atoms with E-state index in [0.717, 1.165) is 24.0 Å². The second-order valence-corrected chi connectivity index (χ2v) is 8.74. The molecule has 9 heteroatoms. The van der Waals surface area contributed by atoms with E-state index in [4.69, 9.17) is 9.47 Å². The number of ether oxygens (including phenoxy) is 2. The molecule has 1 atom stereocenters. The van der Waals surface area contributed by atoms with Gasteiger partial charge in [-0.25, -0.2) is 17.9 Å². The summed E-state index contributed by atoms with van der Waals surface area (Å²) in [7, 11) is -3.60. The summed E-state index contributed by atoms with van der Waals surface area (Å²) >= 11 is 0. The monoisotopic (exact) mass is 417 g/mol. The summed E-state index contributed by atoms with van der Waals surface area (Å²) < 4.78 is 38.4. The van der Waals surface area contributed by atoms with Crippen molar-refractivity contribution in [1.29, 1.82) is 0 Å². The zero-order chi connectivity index (χ0) is 20.3. The van der Waals surface area contributed by atoms with Crippen molar-refractivity contribution in [2.24, 2.45) is 0 Å². The molecule has 0 bridgehead atoms. The summed E-state index contributed by atoms with van der Waals surface area (Å²) in [4.78, 5) is 14.0. The maximum Gasteiger partial charge on any atom is 0.325 e. The zero-order valence-corrected chi connectivity index (χ0v) is 16.7. The van der Waals surface area contributed by atoms with Crippen molar-refractivity contribution >= 4 is 16.1 Å². The first-order chi connectivity index (χ1) is 14.0. The molecule has 1 unspecified atom stereocenters. The van der Waals surface area contributed by atoms with Gasteiger partial charge in [0.2, 0.25) is 10.0 Å². The molecule has 8 nitrogen and oxygen atoms in total. The van der Waals surface area contributed by atoms with Crippen molar-refractivity contribution in [2.45, 2.75) is 30.3 Å². The third kappa shape index (κ3) is 4.69. The Morgan fingerprint density at radius 1 is 1.24 bits per heavy atom. The van der Waals surface area contributed by atoms with E-state index >= 15 is 0 Å². The molecule has 2 amide bonds. The second kappa shape index (κ2) is 8.40. The minimum Gasteiger partial charge on any atom is -0.487 e. The van der Waals surface area contributed by atoms with E-state index in [2.05, 4.69) is 10.0 Å². The normalized spacial score (nSPS) is 21.1. The number of nitrogens with one attached hydrogen (secondary N) is 2. The Bertz CT molecular complexity index is 960. The standard InChI is InChI=1S/C20H23N3O5S/c24-20(23-9-7-16-8-11-28-19(16)13-23)21-12-15-3-5-18(6-4-15)29(25,26)22-17-2-1-10-27-14-17/h3-9,13,17,22H,1-2,10-12,14H2,(H,21,24). The smallest absolute Gasteiger partial charge is 0.325 e. The van der Waals surface area contributed by atoms with Crippen LogP contribution in [0.1, 0.15) is 18.4 Å². The molecule has 1 saturated heterocycles. The highest BCUT2D eigenvalue weighted by Crippen LogP contribution is 2.24. The molecule has 4 rings (SSSR count). The molecule has 0 spiro atoms. The summed E-state index contributed by atoms with van der Waals surface area (Å²) in [6.07, 6.45) is 8.71. The van der Waals surface area contributed by atoms with E-state index in [1.54, 1.807) is 36.7 Å². The van der Waals surface area contributed by atoms with Crippen LogP contribution in [0.5, 0.6) is 0 Å². The number of sulfonamides is 1. The van der Waals surface area contributed by atoms with E-state index in [0.29, 0.717) is 25.6 Å². The van der Waals surface area contributed by atoms with Gasteiger partial charge in [-0.05, 0) is 42.7 Å². The van der Waals surface area contributed by atoms with Gasteiger partial charge in [0, 0.05) is 31.0 Å². The minimum atomic E-state index is -3.60. The van der Waals surface area contributed by atoms with Gasteiger partial charge >= 0.3 is 6.03 Å². The molecule has 0 radical (unpaired) electrons. The summed E-state index contributed by atoms with van der Waals surface area (Å²) in [5, 5.41) is 2.81. The Morgan fingerprint density at radius 2 is 2.07 bits per heavy atom. The van der Waals surface area contributed by atoms with Crippen molar-refractivity contribution in [1.82, 2.24) is 14.9 Å². The average molecular weight is 417 g/mol.